The molecule has 7 heteroatoms. The zero-order valence-electron chi connectivity index (χ0n) is 14.1. The summed E-state index contributed by atoms with van der Waals surface area (Å²) in [4.78, 5) is 28.9. The number of hydrogen-bond donors (Lipinski definition) is 0. The maximum absolute atomic E-state index is 12.5. The van der Waals surface area contributed by atoms with Gasteiger partial charge in [-0.25, -0.2) is 0 Å². The van der Waals surface area contributed by atoms with Gasteiger partial charge in [-0.2, -0.15) is 0 Å². The van der Waals surface area contributed by atoms with Gasteiger partial charge in [0.15, 0.2) is 0 Å². The van der Waals surface area contributed by atoms with Gasteiger partial charge >= 0.3 is 0 Å². The standard InChI is InChI=1S/C18H22N2O3S2/c21-16(19-9-3-1-2-4-10-19)8-5-11-20-17(22)15(25-18(20)24)13-14-7-6-12-23-14/h6-7,12-13H,1-5,8-11H2/b15-13+. The summed E-state index contributed by atoms with van der Waals surface area (Å²) in [6, 6.07) is 3.58. The van der Waals surface area contributed by atoms with Crippen LogP contribution in [0.1, 0.15) is 44.3 Å². The fourth-order valence-electron chi connectivity index (χ4n) is 3.06. The van der Waals surface area contributed by atoms with Crippen LogP contribution in [0, 0.1) is 0 Å². The van der Waals surface area contributed by atoms with E-state index in [9.17, 15) is 9.59 Å². The molecule has 134 valence electrons. The molecular weight excluding hydrogens is 356 g/mol. The molecule has 3 rings (SSSR count). The molecule has 2 saturated heterocycles. The van der Waals surface area contributed by atoms with Crippen LogP contribution in [0.4, 0.5) is 0 Å². The summed E-state index contributed by atoms with van der Waals surface area (Å²) in [5.74, 6) is 0.726. The van der Waals surface area contributed by atoms with Crippen molar-refractivity contribution in [3.8, 4) is 0 Å². The number of furan rings is 1. The Balaban J connectivity index is 1.50. The first-order chi connectivity index (χ1) is 12.1. The van der Waals surface area contributed by atoms with Gasteiger partial charge in [-0.15, -0.1) is 0 Å². The number of amides is 2. The highest BCUT2D eigenvalue weighted by Crippen LogP contribution is 2.32. The average Bonchev–Trinajstić information content (AvgIpc) is 3.08. The van der Waals surface area contributed by atoms with Gasteiger partial charge in [-0.05, 0) is 31.4 Å². The zero-order valence-corrected chi connectivity index (χ0v) is 15.7. The topological polar surface area (TPSA) is 53.8 Å². The molecule has 2 aliphatic heterocycles. The van der Waals surface area contributed by atoms with Crippen molar-refractivity contribution in [1.82, 2.24) is 9.80 Å². The van der Waals surface area contributed by atoms with Crippen molar-refractivity contribution in [2.75, 3.05) is 19.6 Å². The molecule has 0 unspecified atom stereocenters. The van der Waals surface area contributed by atoms with Crippen LogP contribution in [0.2, 0.25) is 0 Å². The lowest BCUT2D eigenvalue weighted by molar-refractivity contribution is -0.131. The summed E-state index contributed by atoms with van der Waals surface area (Å²) in [5.41, 5.74) is 0. The molecular formula is C18H22N2O3S2. The maximum Gasteiger partial charge on any atom is 0.266 e. The van der Waals surface area contributed by atoms with Gasteiger partial charge in [0, 0.05) is 32.1 Å². The molecule has 0 atom stereocenters. The quantitative estimate of drug-likeness (QED) is 0.578. The van der Waals surface area contributed by atoms with Crippen LogP contribution >= 0.6 is 24.0 Å². The van der Waals surface area contributed by atoms with E-state index in [0.717, 1.165) is 25.9 Å². The molecule has 1 aromatic rings. The van der Waals surface area contributed by atoms with E-state index in [2.05, 4.69) is 0 Å². The summed E-state index contributed by atoms with van der Waals surface area (Å²) in [5, 5.41) is 0. The van der Waals surface area contributed by atoms with Crippen molar-refractivity contribution >= 4 is 46.2 Å². The summed E-state index contributed by atoms with van der Waals surface area (Å²) < 4.78 is 5.80. The SMILES string of the molecule is O=C(CCCN1C(=O)/C(=C\c2ccco2)SC1=S)N1CCCCCC1. The van der Waals surface area contributed by atoms with Crippen molar-refractivity contribution in [3.05, 3.63) is 29.1 Å². The van der Waals surface area contributed by atoms with Crippen LogP contribution < -0.4 is 0 Å². The Morgan fingerprint density at radius 1 is 1.28 bits per heavy atom. The predicted octanol–water partition coefficient (Wildman–Crippen LogP) is 3.66. The molecule has 0 aromatic carbocycles. The second-order valence-electron chi connectivity index (χ2n) is 6.25. The minimum Gasteiger partial charge on any atom is -0.465 e. The van der Waals surface area contributed by atoms with Crippen molar-refractivity contribution < 1.29 is 14.0 Å². The van der Waals surface area contributed by atoms with Crippen LogP contribution in [0.5, 0.6) is 0 Å². The first-order valence-electron chi connectivity index (χ1n) is 8.72. The smallest absolute Gasteiger partial charge is 0.266 e. The lowest BCUT2D eigenvalue weighted by Crippen LogP contribution is -2.33. The van der Waals surface area contributed by atoms with E-state index in [4.69, 9.17) is 16.6 Å². The second-order valence-corrected chi connectivity index (χ2v) is 7.92. The Morgan fingerprint density at radius 2 is 2.04 bits per heavy atom. The van der Waals surface area contributed by atoms with E-state index in [1.54, 1.807) is 29.4 Å². The third-order valence-corrected chi connectivity index (χ3v) is 5.80. The van der Waals surface area contributed by atoms with Crippen LogP contribution in [0.15, 0.2) is 27.7 Å². The van der Waals surface area contributed by atoms with E-state index in [1.807, 2.05) is 4.90 Å². The van der Waals surface area contributed by atoms with Gasteiger partial charge in [0.05, 0.1) is 11.2 Å². The van der Waals surface area contributed by atoms with E-state index in [1.165, 1.54) is 24.6 Å². The Bertz CT molecular complexity index is 662. The third-order valence-electron chi connectivity index (χ3n) is 4.42. The Morgan fingerprint density at radius 3 is 2.72 bits per heavy atom. The highest BCUT2D eigenvalue weighted by molar-refractivity contribution is 8.26. The van der Waals surface area contributed by atoms with Crippen LogP contribution in [-0.4, -0.2) is 45.6 Å². The number of carbonyl (C=O) groups excluding carboxylic acids is 2. The number of thiocarbonyl (C=S) groups is 1. The van der Waals surface area contributed by atoms with E-state index >= 15 is 0 Å². The number of carbonyl (C=O) groups is 2. The van der Waals surface area contributed by atoms with Gasteiger partial charge in [0.1, 0.15) is 10.1 Å². The molecule has 0 radical (unpaired) electrons. The van der Waals surface area contributed by atoms with Crippen molar-refractivity contribution in [3.63, 3.8) is 0 Å². The minimum atomic E-state index is -0.103. The molecule has 1 aromatic heterocycles. The molecule has 3 heterocycles. The third kappa shape index (κ3) is 4.73. The molecule has 2 amide bonds. The van der Waals surface area contributed by atoms with Gasteiger partial charge in [-0.1, -0.05) is 36.8 Å². The number of rotatable bonds is 5. The van der Waals surface area contributed by atoms with Gasteiger partial charge in [0.2, 0.25) is 5.91 Å². The average molecular weight is 379 g/mol. The molecule has 0 aliphatic carbocycles. The molecule has 5 nitrogen and oxygen atoms in total. The van der Waals surface area contributed by atoms with Crippen molar-refractivity contribution in [1.29, 1.82) is 0 Å². The van der Waals surface area contributed by atoms with Crippen LogP contribution in [0.3, 0.4) is 0 Å². The summed E-state index contributed by atoms with van der Waals surface area (Å²) in [6.45, 7) is 2.22. The van der Waals surface area contributed by atoms with Gasteiger partial charge < -0.3 is 9.32 Å². The van der Waals surface area contributed by atoms with Crippen molar-refractivity contribution in [2.24, 2.45) is 0 Å². The Kier molecular flexibility index (Phi) is 6.31. The fourth-order valence-corrected chi connectivity index (χ4v) is 4.35. The molecule has 0 saturated carbocycles. The number of nitrogens with zero attached hydrogens (tertiary/aromatic N) is 2. The summed E-state index contributed by atoms with van der Waals surface area (Å²) in [7, 11) is 0. The van der Waals surface area contributed by atoms with Crippen molar-refractivity contribution in [2.45, 2.75) is 38.5 Å². The van der Waals surface area contributed by atoms with E-state index in [-0.39, 0.29) is 11.8 Å². The number of likely N-dealkylation sites (tertiary alicyclic amines) is 1. The normalized spacial score (nSPS) is 20.4. The highest BCUT2D eigenvalue weighted by Gasteiger charge is 2.32. The molecule has 2 fully saturated rings. The van der Waals surface area contributed by atoms with E-state index in [0.29, 0.717) is 34.4 Å². The monoisotopic (exact) mass is 378 g/mol. The highest BCUT2D eigenvalue weighted by atomic mass is 32.2. The first-order valence-corrected chi connectivity index (χ1v) is 9.94. The van der Waals surface area contributed by atoms with Gasteiger partial charge in [-0.3, -0.25) is 14.5 Å². The molecule has 25 heavy (non-hydrogen) atoms. The second kappa shape index (κ2) is 8.67. The lowest BCUT2D eigenvalue weighted by atomic mass is 10.2. The predicted molar refractivity (Wildman–Crippen MR) is 103 cm³/mol. The molecule has 0 spiro atoms. The Hall–Kier alpha value is -1.60. The Labute approximate surface area is 157 Å². The fraction of sp³-hybridized carbons (Fsp3) is 0.500. The van der Waals surface area contributed by atoms with Crippen LogP contribution in [-0.2, 0) is 9.59 Å². The van der Waals surface area contributed by atoms with Crippen LogP contribution in [0.25, 0.3) is 6.08 Å². The largest absolute Gasteiger partial charge is 0.465 e. The summed E-state index contributed by atoms with van der Waals surface area (Å²) in [6.07, 6.45) is 8.99. The summed E-state index contributed by atoms with van der Waals surface area (Å²) >= 11 is 6.60. The van der Waals surface area contributed by atoms with E-state index < -0.39 is 0 Å². The molecule has 0 N–H and O–H groups in total. The maximum atomic E-state index is 12.5. The molecule has 0 bridgehead atoms. The van der Waals surface area contributed by atoms with Gasteiger partial charge in [0.25, 0.3) is 5.91 Å². The lowest BCUT2D eigenvalue weighted by Gasteiger charge is -2.21. The number of hydrogen-bond acceptors (Lipinski definition) is 5. The zero-order chi connectivity index (χ0) is 17.6. The molecule has 2 aliphatic rings. The number of thioether (sulfide) groups is 1. The first kappa shape index (κ1) is 18.2. The minimum absolute atomic E-state index is 0.103.